The quantitative estimate of drug-likeness (QED) is 0.0718. The van der Waals surface area contributed by atoms with Crippen LogP contribution in [0, 0.1) is 24.5 Å². The molecule has 0 saturated carbocycles. The summed E-state index contributed by atoms with van der Waals surface area (Å²) < 4.78 is 50.7. The van der Waals surface area contributed by atoms with E-state index in [2.05, 4.69) is 80.6 Å². The van der Waals surface area contributed by atoms with Gasteiger partial charge in [0.2, 0.25) is 17.8 Å². The molecule has 372 valence electrons. The van der Waals surface area contributed by atoms with Crippen LogP contribution >= 0.6 is 23.1 Å². The summed E-state index contributed by atoms with van der Waals surface area (Å²) >= 11 is 3.60. The maximum atomic E-state index is 15.2. The van der Waals surface area contributed by atoms with E-state index < -0.39 is 36.5 Å². The number of hydrogen-bond donors (Lipinski definition) is 3. The number of amides is 2. The number of aromatic nitrogens is 4. The largest absolute Gasteiger partial charge is 0.494 e. The van der Waals surface area contributed by atoms with Crippen LogP contribution in [0.15, 0.2) is 53.4 Å². The Balaban J connectivity index is 0.754. The lowest BCUT2D eigenvalue weighted by atomic mass is 9.89. The van der Waals surface area contributed by atoms with Gasteiger partial charge in [0.25, 0.3) is 0 Å². The highest BCUT2D eigenvalue weighted by Gasteiger charge is 2.34. The fraction of sp³-hybridized carbons (Fsp3) is 0.490. The Labute approximate surface area is 417 Å². The smallest absolute Gasteiger partial charge is 0.234 e. The molecular formula is C51H63BrF2N11O4P. The normalized spacial score (nSPS) is 19.2. The van der Waals surface area contributed by atoms with E-state index in [0.29, 0.717) is 56.1 Å². The summed E-state index contributed by atoms with van der Waals surface area (Å²) in [5, 5.41) is 9.60. The van der Waals surface area contributed by atoms with E-state index >= 15 is 8.78 Å². The molecule has 4 aliphatic rings. The number of anilines is 6. The highest BCUT2D eigenvalue weighted by atomic mass is 79.9. The van der Waals surface area contributed by atoms with E-state index in [9.17, 15) is 14.2 Å². The number of carbonyl (C=O) groups excluding carboxylic acids is 2. The summed E-state index contributed by atoms with van der Waals surface area (Å²) in [6.45, 7) is 16.3. The van der Waals surface area contributed by atoms with E-state index in [1.165, 1.54) is 23.4 Å². The number of nitrogens with one attached hydrogen (secondary N) is 3. The van der Waals surface area contributed by atoms with Gasteiger partial charge in [-0.15, -0.1) is 0 Å². The fourth-order valence-corrected chi connectivity index (χ4v) is 12.4. The zero-order valence-corrected chi connectivity index (χ0v) is 43.1. The van der Waals surface area contributed by atoms with Gasteiger partial charge < -0.3 is 34.6 Å². The molecule has 2 aromatic carbocycles. The van der Waals surface area contributed by atoms with Crippen molar-refractivity contribution in [3.63, 3.8) is 0 Å². The van der Waals surface area contributed by atoms with E-state index in [1.54, 1.807) is 39.0 Å². The van der Waals surface area contributed by atoms with Crippen LogP contribution in [-0.2, 0) is 20.6 Å². The van der Waals surface area contributed by atoms with Gasteiger partial charge in [-0.2, -0.15) is 4.98 Å². The van der Waals surface area contributed by atoms with E-state index in [1.807, 2.05) is 17.9 Å². The highest BCUT2D eigenvalue weighted by molar-refractivity contribution is 9.10. The van der Waals surface area contributed by atoms with Crippen LogP contribution in [0.25, 0.3) is 11.0 Å². The molecule has 0 aliphatic carbocycles. The molecule has 1 unspecified atom stereocenters. The molecule has 7 heterocycles. The van der Waals surface area contributed by atoms with Crippen molar-refractivity contribution in [3.05, 3.63) is 81.7 Å². The van der Waals surface area contributed by atoms with Gasteiger partial charge in [-0.3, -0.25) is 29.8 Å². The van der Waals surface area contributed by atoms with Crippen molar-refractivity contribution in [1.29, 1.82) is 0 Å². The van der Waals surface area contributed by atoms with Gasteiger partial charge in [-0.1, -0.05) is 6.92 Å². The number of pyridine rings is 2. The maximum absolute atomic E-state index is 15.2. The number of fused-ring (bicyclic) bond motifs is 1. The van der Waals surface area contributed by atoms with Crippen molar-refractivity contribution in [2.45, 2.75) is 77.2 Å². The number of hydrogen-bond acceptors (Lipinski definition) is 14. The lowest BCUT2D eigenvalue weighted by molar-refractivity contribution is -0.134. The Bertz CT molecular complexity index is 2790. The van der Waals surface area contributed by atoms with Gasteiger partial charge in [0, 0.05) is 100 Å². The SMILES string of the molecule is CCc1cc(Nc2ncc(Br)c(Nc3cnc4c(C)ccnc4c3P(C)(C)=O)n2)c(OC)cc1N1CCC(N2CCN(CCC3CCN(c4cc(F)c(C5CCC(=O)NC5=O)c(F)c4)CC3)CC2)CC1. The number of carbonyl (C=O) groups is 2. The Kier molecular flexibility index (Phi) is 15.0. The number of imide groups is 1. The molecule has 0 spiro atoms. The number of piperazine rings is 1. The second kappa shape index (κ2) is 21.2. The zero-order chi connectivity index (χ0) is 49.3. The predicted octanol–water partition coefficient (Wildman–Crippen LogP) is 8.49. The molecular weight excluding hydrogens is 980 g/mol. The number of halogens is 3. The Morgan fingerprint density at radius 2 is 1.57 bits per heavy atom. The lowest BCUT2D eigenvalue weighted by Gasteiger charge is -2.44. The van der Waals surface area contributed by atoms with E-state index in [0.717, 1.165) is 114 Å². The van der Waals surface area contributed by atoms with E-state index in [4.69, 9.17) is 9.72 Å². The van der Waals surface area contributed by atoms with Crippen molar-refractivity contribution in [3.8, 4) is 5.75 Å². The minimum absolute atomic E-state index is 0.0700. The monoisotopic (exact) mass is 1040 g/mol. The molecule has 0 radical (unpaired) electrons. The fourth-order valence-electron chi connectivity index (χ4n) is 10.8. The third kappa shape index (κ3) is 10.8. The van der Waals surface area contributed by atoms with Crippen LogP contribution < -0.4 is 35.8 Å². The molecule has 2 amide bonds. The van der Waals surface area contributed by atoms with Gasteiger partial charge in [0.1, 0.15) is 35.9 Å². The van der Waals surface area contributed by atoms with Crippen molar-refractivity contribution in [1.82, 2.24) is 35.1 Å². The first-order valence-electron chi connectivity index (χ1n) is 24.5. The summed E-state index contributed by atoms with van der Waals surface area (Å²) in [7, 11) is -1.12. The van der Waals surface area contributed by atoms with Crippen LogP contribution in [0.3, 0.4) is 0 Å². The minimum Gasteiger partial charge on any atom is -0.494 e. The second-order valence-corrected chi connectivity index (χ2v) is 23.5. The molecule has 5 aromatic rings. The van der Waals surface area contributed by atoms with Gasteiger partial charge in [-0.05, 0) is 129 Å². The summed E-state index contributed by atoms with van der Waals surface area (Å²) in [5.41, 5.74) is 6.27. The number of nitrogens with zero attached hydrogens (tertiary/aromatic N) is 8. The lowest BCUT2D eigenvalue weighted by Crippen LogP contribution is -2.53. The molecule has 3 aromatic heterocycles. The Morgan fingerprint density at radius 3 is 2.24 bits per heavy atom. The number of methoxy groups -OCH3 is 1. The summed E-state index contributed by atoms with van der Waals surface area (Å²) in [5.74, 6) is -1.39. The van der Waals surface area contributed by atoms with Crippen LogP contribution in [0.1, 0.15) is 74.5 Å². The summed E-state index contributed by atoms with van der Waals surface area (Å²) in [6, 6.07) is 9.40. The molecule has 9 rings (SSSR count). The molecule has 4 fully saturated rings. The molecule has 15 nitrogen and oxygen atoms in total. The average molecular weight is 1040 g/mol. The third-order valence-electron chi connectivity index (χ3n) is 14.7. The van der Waals surface area contributed by atoms with Crippen molar-refractivity contribution in [2.24, 2.45) is 5.92 Å². The molecule has 4 aliphatic heterocycles. The molecule has 70 heavy (non-hydrogen) atoms. The van der Waals surface area contributed by atoms with Crippen LogP contribution in [0.5, 0.6) is 5.75 Å². The summed E-state index contributed by atoms with van der Waals surface area (Å²) in [4.78, 5) is 52.3. The molecule has 4 saturated heterocycles. The Morgan fingerprint density at radius 1 is 0.857 bits per heavy atom. The van der Waals surface area contributed by atoms with Gasteiger partial charge in [0.05, 0.1) is 45.9 Å². The van der Waals surface area contributed by atoms with Crippen LogP contribution in [-0.4, -0.2) is 127 Å². The molecule has 19 heteroatoms. The number of rotatable bonds is 14. The van der Waals surface area contributed by atoms with Gasteiger partial charge in [0.15, 0.2) is 0 Å². The number of benzene rings is 2. The molecule has 1 atom stereocenters. The predicted molar refractivity (Wildman–Crippen MR) is 276 cm³/mol. The highest BCUT2D eigenvalue weighted by Crippen LogP contribution is 2.42. The first-order chi connectivity index (χ1) is 33.7. The summed E-state index contributed by atoms with van der Waals surface area (Å²) in [6.07, 6.45) is 11.3. The van der Waals surface area contributed by atoms with Crippen molar-refractivity contribution >= 4 is 85.7 Å². The van der Waals surface area contributed by atoms with Crippen LogP contribution in [0.4, 0.5) is 43.3 Å². The maximum Gasteiger partial charge on any atom is 0.234 e. The number of piperidine rings is 3. The van der Waals surface area contributed by atoms with Crippen LogP contribution in [0.2, 0.25) is 0 Å². The van der Waals surface area contributed by atoms with E-state index in [-0.39, 0.29) is 18.4 Å². The number of aryl methyl sites for hydroxylation is 2. The van der Waals surface area contributed by atoms with Crippen molar-refractivity contribution < 1.29 is 27.7 Å². The van der Waals surface area contributed by atoms with Gasteiger partial charge in [-0.25, -0.2) is 13.8 Å². The first-order valence-corrected chi connectivity index (χ1v) is 27.9. The minimum atomic E-state index is -2.80. The topological polar surface area (TPSA) is 161 Å². The third-order valence-corrected chi connectivity index (χ3v) is 16.8. The second-order valence-electron chi connectivity index (χ2n) is 19.5. The van der Waals surface area contributed by atoms with Gasteiger partial charge >= 0.3 is 0 Å². The Hall–Kier alpha value is -5.29. The standard InChI is InChI=1S/C51H63BrF2N11O4P/c1-6-33-25-40(59-51-57-29-37(52)49(61-51)58-41-30-56-46-31(2)9-15-55-47(46)48(41)70(4,5)68)43(69-3)28-42(33)65-19-13-34(14-20-65)64-23-21-62(22-24-64)16-10-32-11-17-63(18-12-32)35-26-38(53)45(39(54)27-35)36-7-8-44(66)60-50(36)67/h9,15,25-30,32,34,36H,6-8,10-14,16-24H2,1-5H3,(H,60,66,67)(H2,57,58,59,61). The molecule has 0 bridgehead atoms. The molecule has 3 N–H and O–H groups in total. The zero-order valence-electron chi connectivity index (χ0n) is 40.7. The average Bonchev–Trinajstić information content (AvgIpc) is 3.34. The van der Waals surface area contributed by atoms with Crippen molar-refractivity contribution in [2.75, 3.05) is 99.8 Å². The first kappa shape index (κ1) is 49.7. The number of ether oxygens (including phenoxy) is 1.